The quantitative estimate of drug-likeness (QED) is 0.859. The molecule has 1 fully saturated rings. The van der Waals surface area contributed by atoms with Crippen LogP contribution in [-0.4, -0.2) is 21.5 Å². The summed E-state index contributed by atoms with van der Waals surface area (Å²) in [4.78, 5) is 4.25. The maximum Gasteiger partial charge on any atom is 0.199 e. The van der Waals surface area contributed by atoms with Crippen LogP contribution in [0.1, 0.15) is 25.7 Å². The van der Waals surface area contributed by atoms with Gasteiger partial charge in [-0.25, -0.2) is 4.98 Å². The Hall–Kier alpha value is -1.55. The van der Waals surface area contributed by atoms with Crippen molar-refractivity contribution < 1.29 is 4.74 Å². The van der Waals surface area contributed by atoms with Gasteiger partial charge in [-0.2, -0.15) is 0 Å². The van der Waals surface area contributed by atoms with Gasteiger partial charge in [0.2, 0.25) is 0 Å². The average molecular weight is 231 g/mol. The van der Waals surface area contributed by atoms with E-state index in [1.54, 1.807) is 6.20 Å². The number of imidazole rings is 1. The molecule has 0 radical (unpaired) electrons. The van der Waals surface area contributed by atoms with Crippen LogP contribution in [0.25, 0.3) is 5.65 Å². The Morgan fingerprint density at radius 3 is 3.18 bits per heavy atom. The largest absolute Gasteiger partial charge is 0.475 e. The Kier molecular flexibility index (Phi) is 2.73. The second-order valence-corrected chi connectivity index (χ2v) is 4.69. The fraction of sp³-hybridized carbons (Fsp3) is 0.462. The summed E-state index contributed by atoms with van der Waals surface area (Å²) >= 11 is 0. The van der Waals surface area contributed by atoms with Gasteiger partial charge in [-0.15, -0.1) is 0 Å². The molecule has 0 aromatic carbocycles. The lowest BCUT2D eigenvalue weighted by atomic mass is 9.94. The highest BCUT2D eigenvalue weighted by atomic mass is 16.5. The van der Waals surface area contributed by atoms with E-state index in [4.69, 9.17) is 10.5 Å². The van der Waals surface area contributed by atoms with Gasteiger partial charge in [0.05, 0.1) is 0 Å². The summed E-state index contributed by atoms with van der Waals surface area (Å²) in [5, 5.41) is 0. The highest BCUT2D eigenvalue weighted by Crippen LogP contribution is 2.23. The van der Waals surface area contributed by atoms with Crippen molar-refractivity contribution >= 4 is 5.65 Å². The predicted molar refractivity (Wildman–Crippen MR) is 66.1 cm³/mol. The zero-order valence-electron chi connectivity index (χ0n) is 9.75. The fourth-order valence-corrected chi connectivity index (χ4v) is 2.48. The van der Waals surface area contributed by atoms with Gasteiger partial charge < -0.3 is 10.5 Å². The molecule has 0 saturated heterocycles. The third kappa shape index (κ3) is 2.13. The Labute approximate surface area is 100 Å². The first-order valence-electron chi connectivity index (χ1n) is 6.17. The van der Waals surface area contributed by atoms with Crippen LogP contribution in [0.3, 0.4) is 0 Å². The number of aromatic nitrogens is 2. The van der Waals surface area contributed by atoms with Crippen LogP contribution >= 0.6 is 0 Å². The van der Waals surface area contributed by atoms with Gasteiger partial charge in [0, 0.05) is 18.4 Å². The van der Waals surface area contributed by atoms with Crippen LogP contribution in [0.2, 0.25) is 0 Å². The van der Waals surface area contributed by atoms with Crippen LogP contribution in [0.15, 0.2) is 30.6 Å². The number of hydrogen-bond acceptors (Lipinski definition) is 3. The van der Waals surface area contributed by atoms with E-state index in [0.717, 1.165) is 37.2 Å². The second-order valence-electron chi connectivity index (χ2n) is 4.69. The maximum atomic E-state index is 6.04. The number of pyridine rings is 1. The Morgan fingerprint density at radius 1 is 1.35 bits per heavy atom. The van der Waals surface area contributed by atoms with Crippen molar-refractivity contribution in [3.63, 3.8) is 0 Å². The van der Waals surface area contributed by atoms with Crippen molar-refractivity contribution in [2.75, 3.05) is 0 Å². The molecule has 17 heavy (non-hydrogen) atoms. The van der Waals surface area contributed by atoms with Crippen molar-refractivity contribution in [3.05, 3.63) is 30.6 Å². The minimum absolute atomic E-state index is 0.242. The summed E-state index contributed by atoms with van der Waals surface area (Å²) in [6.45, 7) is 0. The van der Waals surface area contributed by atoms with Crippen LogP contribution in [0, 0.1) is 0 Å². The lowest BCUT2D eigenvalue weighted by Crippen LogP contribution is -2.34. The molecule has 0 bridgehead atoms. The first-order chi connectivity index (χ1) is 8.33. The van der Waals surface area contributed by atoms with Crippen molar-refractivity contribution in [2.45, 2.75) is 37.8 Å². The molecule has 2 unspecified atom stereocenters. The summed E-state index contributed by atoms with van der Waals surface area (Å²) in [5.41, 5.74) is 6.89. The molecule has 0 spiro atoms. The molecule has 4 nitrogen and oxygen atoms in total. The molecule has 90 valence electrons. The summed E-state index contributed by atoms with van der Waals surface area (Å²) in [5.74, 6) is 0.860. The maximum absolute atomic E-state index is 6.04. The van der Waals surface area contributed by atoms with Gasteiger partial charge in [-0.1, -0.05) is 6.07 Å². The van der Waals surface area contributed by atoms with E-state index >= 15 is 0 Å². The van der Waals surface area contributed by atoms with E-state index in [2.05, 4.69) is 4.98 Å². The molecule has 1 aliphatic rings. The van der Waals surface area contributed by atoms with E-state index in [-0.39, 0.29) is 12.1 Å². The average Bonchev–Trinajstić information content (AvgIpc) is 2.78. The van der Waals surface area contributed by atoms with Gasteiger partial charge in [-0.3, -0.25) is 4.40 Å². The molecular formula is C13H17N3O. The SMILES string of the molecule is NC1CCCC(Oc2cccc3nccn23)C1. The molecular weight excluding hydrogens is 214 g/mol. The summed E-state index contributed by atoms with van der Waals surface area (Å²) in [6.07, 6.45) is 8.28. The monoisotopic (exact) mass is 231 g/mol. The molecule has 2 atom stereocenters. The van der Waals surface area contributed by atoms with Gasteiger partial charge in [0.25, 0.3) is 0 Å². The molecule has 0 amide bonds. The van der Waals surface area contributed by atoms with Crippen LogP contribution in [-0.2, 0) is 0 Å². The molecule has 2 heterocycles. The van der Waals surface area contributed by atoms with E-state index in [1.807, 2.05) is 28.8 Å². The smallest absolute Gasteiger partial charge is 0.199 e. The number of nitrogens with zero attached hydrogens (tertiary/aromatic N) is 2. The van der Waals surface area contributed by atoms with E-state index in [9.17, 15) is 0 Å². The van der Waals surface area contributed by atoms with E-state index < -0.39 is 0 Å². The molecule has 2 N–H and O–H groups in total. The Morgan fingerprint density at radius 2 is 2.29 bits per heavy atom. The van der Waals surface area contributed by atoms with Crippen molar-refractivity contribution in [1.29, 1.82) is 0 Å². The van der Waals surface area contributed by atoms with Crippen molar-refractivity contribution in [2.24, 2.45) is 5.73 Å². The molecule has 1 aliphatic carbocycles. The number of hydrogen-bond donors (Lipinski definition) is 1. The summed E-state index contributed by atoms with van der Waals surface area (Å²) in [7, 11) is 0. The Balaban J connectivity index is 1.82. The van der Waals surface area contributed by atoms with E-state index in [1.165, 1.54) is 0 Å². The first-order valence-corrected chi connectivity index (χ1v) is 6.17. The van der Waals surface area contributed by atoms with Crippen molar-refractivity contribution in [1.82, 2.24) is 9.38 Å². The number of ether oxygens (including phenoxy) is 1. The van der Waals surface area contributed by atoms with Crippen LogP contribution < -0.4 is 10.5 Å². The molecule has 4 heteroatoms. The van der Waals surface area contributed by atoms with Gasteiger partial charge in [0.15, 0.2) is 5.88 Å². The van der Waals surface area contributed by atoms with Crippen molar-refractivity contribution in [3.8, 4) is 5.88 Å². The lowest BCUT2D eigenvalue weighted by molar-refractivity contribution is 0.137. The van der Waals surface area contributed by atoms with Gasteiger partial charge in [0.1, 0.15) is 11.8 Å². The van der Waals surface area contributed by atoms with Crippen LogP contribution in [0.4, 0.5) is 0 Å². The lowest BCUT2D eigenvalue weighted by Gasteiger charge is -2.27. The molecule has 2 aromatic rings. The minimum Gasteiger partial charge on any atom is -0.475 e. The molecule has 2 aromatic heterocycles. The normalized spacial score (nSPS) is 25.0. The standard InChI is InChI=1S/C13H17N3O/c14-10-3-1-4-11(9-10)17-13-6-2-5-12-15-7-8-16(12)13/h2,5-8,10-11H,1,3-4,9,14H2. The van der Waals surface area contributed by atoms with Crippen LogP contribution in [0.5, 0.6) is 5.88 Å². The zero-order chi connectivity index (χ0) is 11.7. The fourth-order valence-electron chi connectivity index (χ4n) is 2.48. The third-order valence-electron chi connectivity index (χ3n) is 3.34. The second kappa shape index (κ2) is 4.37. The summed E-state index contributed by atoms with van der Waals surface area (Å²) < 4.78 is 8.01. The third-order valence-corrected chi connectivity index (χ3v) is 3.34. The highest BCUT2D eigenvalue weighted by Gasteiger charge is 2.21. The first kappa shape index (κ1) is 10.6. The highest BCUT2D eigenvalue weighted by molar-refractivity contribution is 5.41. The topological polar surface area (TPSA) is 52.5 Å². The molecule has 3 rings (SSSR count). The zero-order valence-corrected chi connectivity index (χ0v) is 9.75. The van der Waals surface area contributed by atoms with Gasteiger partial charge in [-0.05, 0) is 37.8 Å². The van der Waals surface area contributed by atoms with E-state index in [0.29, 0.717) is 0 Å². The molecule has 1 saturated carbocycles. The Bertz CT molecular complexity index is 508. The minimum atomic E-state index is 0.242. The summed E-state index contributed by atoms with van der Waals surface area (Å²) in [6, 6.07) is 6.21. The predicted octanol–water partition coefficient (Wildman–Crippen LogP) is 1.98. The number of rotatable bonds is 2. The van der Waals surface area contributed by atoms with Gasteiger partial charge >= 0.3 is 0 Å². The number of nitrogens with two attached hydrogens (primary N) is 1. The number of fused-ring (bicyclic) bond motifs is 1. The molecule has 0 aliphatic heterocycles.